The van der Waals surface area contributed by atoms with Crippen molar-refractivity contribution in [2.75, 3.05) is 0 Å². The first-order chi connectivity index (χ1) is 12.0. The van der Waals surface area contributed by atoms with Crippen LogP contribution in [0.15, 0.2) is 46.7 Å². The minimum absolute atomic E-state index is 0.0390. The van der Waals surface area contributed by atoms with Gasteiger partial charge in [-0.05, 0) is 61.7 Å². The lowest BCUT2D eigenvalue weighted by atomic mass is 10.0. The molecule has 0 spiro atoms. The number of amides is 1. The van der Waals surface area contributed by atoms with Gasteiger partial charge in [0.15, 0.2) is 9.84 Å². The van der Waals surface area contributed by atoms with Crippen LogP contribution in [0.3, 0.4) is 0 Å². The van der Waals surface area contributed by atoms with Crippen molar-refractivity contribution in [1.82, 2.24) is 4.90 Å². The molecule has 1 aromatic carbocycles. The van der Waals surface area contributed by atoms with E-state index in [9.17, 15) is 13.2 Å². The van der Waals surface area contributed by atoms with Crippen LogP contribution in [0, 0.1) is 6.92 Å². The second kappa shape index (κ2) is 6.25. The molecule has 2 atom stereocenters. The lowest BCUT2D eigenvalue weighted by molar-refractivity contribution is 0.0603. The molecule has 2 bridgehead atoms. The van der Waals surface area contributed by atoms with Crippen LogP contribution in [-0.4, -0.2) is 36.6 Å². The van der Waals surface area contributed by atoms with Crippen molar-refractivity contribution in [3.8, 4) is 0 Å². The first-order valence-corrected chi connectivity index (χ1v) is 11.1. The van der Waals surface area contributed by atoms with Gasteiger partial charge < -0.3 is 4.90 Å². The van der Waals surface area contributed by atoms with Crippen LogP contribution in [0.1, 0.15) is 40.9 Å². The molecular formula is C19H21NO3S2. The Bertz CT molecular complexity index is 874. The van der Waals surface area contributed by atoms with Gasteiger partial charge in [-0.1, -0.05) is 18.2 Å². The van der Waals surface area contributed by atoms with E-state index in [4.69, 9.17) is 0 Å². The summed E-state index contributed by atoms with van der Waals surface area (Å²) >= 11 is 1.48. The molecule has 0 saturated carbocycles. The van der Waals surface area contributed by atoms with Crippen LogP contribution >= 0.6 is 11.3 Å². The number of aryl methyl sites for hydroxylation is 1. The van der Waals surface area contributed by atoms with Crippen LogP contribution in [0.5, 0.6) is 0 Å². The van der Waals surface area contributed by atoms with Crippen molar-refractivity contribution in [1.29, 1.82) is 0 Å². The zero-order valence-electron chi connectivity index (χ0n) is 14.1. The van der Waals surface area contributed by atoms with Gasteiger partial charge in [0.2, 0.25) is 0 Å². The van der Waals surface area contributed by atoms with Crippen molar-refractivity contribution in [3.63, 3.8) is 0 Å². The number of sulfone groups is 1. The fraction of sp³-hybridized carbons (Fsp3) is 0.421. The molecule has 0 aliphatic carbocycles. The summed E-state index contributed by atoms with van der Waals surface area (Å²) in [6, 6.07) is 10.7. The fourth-order valence-corrected chi connectivity index (χ4v) is 6.90. The zero-order valence-corrected chi connectivity index (χ0v) is 15.7. The third kappa shape index (κ3) is 2.91. The molecule has 3 heterocycles. The minimum atomic E-state index is -3.33. The standard InChI is InChI=1S/C19H21NO3S2/c1-13-9-18(24-12-13)19(21)20-14-7-8-15(20)11-17(10-14)25(22,23)16-5-3-2-4-6-16/h2-6,9,12,14-15,17H,7-8,10-11H2,1H3/t14-,15-/m1/s1. The highest BCUT2D eigenvalue weighted by Crippen LogP contribution is 2.41. The molecule has 0 unspecified atom stereocenters. The average molecular weight is 376 g/mol. The van der Waals surface area contributed by atoms with Gasteiger partial charge in [0, 0.05) is 12.1 Å². The van der Waals surface area contributed by atoms with Gasteiger partial charge in [-0.15, -0.1) is 11.3 Å². The van der Waals surface area contributed by atoms with Crippen LogP contribution in [0.2, 0.25) is 0 Å². The molecule has 6 heteroatoms. The molecule has 132 valence electrons. The number of nitrogens with zero attached hydrogens (tertiary/aromatic N) is 1. The molecule has 2 aliphatic rings. The number of hydrogen-bond donors (Lipinski definition) is 0. The molecule has 2 saturated heterocycles. The Balaban J connectivity index is 1.57. The maximum atomic E-state index is 13.0. The quantitative estimate of drug-likeness (QED) is 0.822. The molecule has 2 aliphatic heterocycles. The van der Waals surface area contributed by atoms with E-state index in [1.165, 1.54) is 11.3 Å². The summed E-state index contributed by atoms with van der Waals surface area (Å²) in [5.74, 6) is 0.0705. The third-order valence-corrected chi connectivity index (χ3v) is 8.60. The van der Waals surface area contributed by atoms with E-state index in [-0.39, 0.29) is 23.2 Å². The van der Waals surface area contributed by atoms with Gasteiger partial charge >= 0.3 is 0 Å². The lowest BCUT2D eigenvalue weighted by Crippen LogP contribution is -2.49. The molecule has 0 N–H and O–H groups in total. The predicted molar refractivity (Wildman–Crippen MR) is 98.7 cm³/mol. The number of piperidine rings is 1. The van der Waals surface area contributed by atoms with Crippen LogP contribution < -0.4 is 0 Å². The smallest absolute Gasteiger partial charge is 0.264 e. The molecule has 2 aromatic rings. The van der Waals surface area contributed by atoms with E-state index in [2.05, 4.69) is 0 Å². The molecular weight excluding hydrogens is 354 g/mol. The fourth-order valence-electron chi connectivity index (χ4n) is 4.19. The zero-order chi connectivity index (χ0) is 17.6. The van der Waals surface area contributed by atoms with Crippen molar-refractivity contribution in [2.24, 2.45) is 0 Å². The first kappa shape index (κ1) is 16.8. The SMILES string of the molecule is Cc1csc(C(=O)N2[C@@H]3CC[C@@H]2CC(S(=O)(=O)c2ccccc2)C3)c1. The molecule has 0 radical (unpaired) electrons. The Morgan fingerprint density at radius 2 is 1.76 bits per heavy atom. The van der Waals surface area contributed by atoms with Gasteiger partial charge in [-0.2, -0.15) is 0 Å². The maximum absolute atomic E-state index is 13.0. The van der Waals surface area contributed by atoms with Crippen LogP contribution in [0.25, 0.3) is 0 Å². The third-order valence-electron chi connectivity index (χ3n) is 5.38. The van der Waals surface area contributed by atoms with Gasteiger partial charge in [0.05, 0.1) is 15.0 Å². The summed E-state index contributed by atoms with van der Waals surface area (Å²) in [5.41, 5.74) is 1.10. The lowest BCUT2D eigenvalue weighted by Gasteiger charge is -2.38. The Kier molecular flexibility index (Phi) is 4.20. The summed E-state index contributed by atoms with van der Waals surface area (Å²) in [6.45, 7) is 1.99. The van der Waals surface area contributed by atoms with E-state index >= 15 is 0 Å². The summed E-state index contributed by atoms with van der Waals surface area (Å²) in [7, 11) is -3.33. The second-order valence-electron chi connectivity index (χ2n) is 7.04. The van der Waals surface area contributed by atoms with Crippen molar-refractivity contribution >= 4 is 27.1 Å². The Labute approximate surface area is 152 Å². The number of carbonyl (C=O) groups is 1. The Morgan fingerprint density at radius 3 is 2.32 bits per heavy atom. The largest absolute Gasteiger partial charge is 0.332 e. The highest BCUT2D eigenvalue weighted by molar-refractivity contribution is 7.92. The van der Waals surface area contributed by atoms with Crippen molar-refractivity contribution in [3.05, 3.63) is 52.2 Å². The molecule has 4 nitrogen and oxygen atoms in total. The number of hydrogen-bond acceptors (Lipinski definition) is 4. The summed E-state index contributed by atoms with van der Waals surface area (Å²) in [5, 5.41) is 1.60. The van der Waals surface area contributed by atoms with E-state index in [1.807, 2.05) is 29.3 Å². The normalized spacial score (nSPS) is 26.0. The van der Waals surface area contributed by atoms with Gasteiger partial charge in [-0.25, -0.2) is 8.42 Å². The van der Waals surface area contributed by atoms with E-state index < -0.39 is 9.84 Å². The molecule has 1 aromatic heterocycles. The summed E-state index contributed by atoms with van der Waals surface area (Å²) < 4.78 is 25.9. The average Bonchev–Trinajstić information content (AvgIpc) is 3.15. The Hall–Kier alpha value is -1.66. The summed E-state index contributed by atoms with van der Waals surface area (Å²) in [4.78, 5) is 16.0. The van der Waals surface area contributed by atoms with E-state index in [0.29, 0.717) is 17.7 Å². The first-order valence-electron chi connectivity index (χ1n) is 8.63. The molecule has 1 amide bonds. The molecule has 25 heavy (non-hydrogen) atoms. The van der Waals surface area contributed by atoms with Crippen molar-refractivity contribution in [2.45, 2.75) is 54.8 Å². The predicted octanol–water partition coefficient (Wildman–Crippen LogP) is 3.67. The van der Waals surface area contributed by atoms with Crippen LogP contribution in [-0.2, 0) is 9.84 Å². The minimum Gasteiger partial charge on any atom is -0.332 e. The Morgan fingerprint density at radius 1 is 1.12 bits per heavy atom. The number of thiophene rings is 1. The van der Waals surface area contributed by atoms with E-state index in [1.54, 1.807) is 24.3 Å². The van der Waals surface area contributed by atoms with Crippen LogP contribution in [0.4, 0.5) is 0 Å². The van der Waals surface area contributed by atoms with Gasteiger partial charge in [0.1, 0.15) is 0 Å². The topological polar surface area (TPSA) is 54.5 Å². The highest BCUT2D eigenvalue weighted by Gasteiger charge is 2.47. The van der Waals surface area contributed by atoms with Gasteiger partial charge in [0.25, 0.3) is 5.91 Å². The van der Waals surface area contributed by atoms with Crippen molar-refractivity contribution < 1.29 is 13.2 Å². The maximum Gasteiger partial charge on any atom is 0.264 e. The van der Waals surface area contributed by atoms with E-state index in [0.717, 1.165) is 23.3 Å². The van der Waals surface area contributed by atoms with Gasteiger partial charge in [-0.3, -0.25) is 4.79 Å². The number of benzene rings is 1. The monoisotopic (exact) mass is 375 g/mol. The summed E-state index contributed by atoms with van der Waals surface area (Å²) in [6.07, 6.45) is 2.90. The number of fused-ring (bicyclic) bond motifs is 2. The molecule has 2 fully saturated rings. The number of rotatable bonds is 3. The highest BCUT2D eigenvalue weighted by atomic mass is 32.2. The molecule has 4 rings (SSSR count). The number of carbonyl (C=O) groups excluding carboxylic acids is 1. The second-order valence-corrected chi connectivity index (χ2v) is 10.2.